The van der Waals surface area contributed by atoms with Crippen molar-refractivity contribution in [3.63, 3.8) is 0 Å². The van der Waals surface area contributed by atoms with Crippen LogP contribution in [-0.2, 0) is 10.2 Å². The lowest BCUT2D eigenvalue weighted by Gasteiger charge is -2.20. The third-order valence-corrected chi connectivity index (χ3v) is 3.69. The normalized spacial score (nSPS) is 15.1. The van der Waals surface area contributed by atoms with Crippen LogP contribution >= 0.6 is 0 Å². The lowest BCUT2D eigenvalue weighted by molar-refractivity contribution is 0.0909. The maximum Gasteiger partial charge on any atom is 0.0659 e. The summed E-state index contributed by atoms with van der Waals surface area (Å²) in [7, 11) is 0. The van der Waals surface area contributed by atoms with Gasteiger partial charge in [-0.05, 0) is 28.9 Å². The molecule has 1 aromatic rings. The molecule has 0 aliphatic heterocycles. The summed E-state index contributed by atoms with van der Waals surface area (Å²) in [6.07, 6.45) is 2.43. The maximum absolute atomic E-state index is 6.19. The minimum absolute atomic E-state index is 0.0298. The standard InChI is InChI=1S/C18H31NO/c1-6-7-14(2)12-20-13-17(19)15-8-10-16(11-9-15)18(3,4)5/h8-11,14,17H,6-7,12-13,19H2,1-5H3. The van der Waals surface area contributed by atoms with Gasteiger partial charge in [0, 0.05) is 6.61 Å². The molecule has 20 heavy (non-hydrogen) atoms. The van der Waals surface area contributed by atoms with Crippen LogP contribution in [0, 0.1) is 5.92 Å². The van der Waals surface area contributed by atoms with Crippen LogP contribution in [0.25, 0.3) is 0 Å². The molecule has 0 radical (unpaired) electrons. The van der Waals surface area contributed by atoms with Crippen LogP contribution < -0.4 is 5.73 Å². The van der Waals surface area contributed by atoms with Crippen molar-refractivity contribution >= 4 is 0 Å². The number of benzene rings is 1. The molecular formula is C18H31NO. The summed E-state index contributed by atoms with van der Waals surface area (Å²) in [6, 6.07) is 8.58. The van der Waals surface area contributed by atoms with E-state index in [0.717, 1.165) is 12.2 Å². The summed E-state index contributed by atoms with van der Waals surface area (Å²) >= 11 is 0. The van der Waals surface area contributed by atoms with E-state index in [1.807, 2.05) is 0 Å². The van der Waals surface area contributed by atoms with Gasteiger partial charge in [-0.1, -0.05) is 65.3 Å². The van der Waals surface area contributed by atoms with Crippen molar-refractivity contribution in [2.75, 3.05) is 13.2 Å². The van der Waals surface area contributed by atoms with Gasteiger partial charge in [0.05, 0.1) is 12.6 Å². The number of hydrogen-bond donors (Lipinski definition) is 1. The van der Waals surface area contributed by atoms with Gasteiger partial charge in [-0.2, -0.15) is 0 Å². The molecule has 2 N–H and O–H groups in total. The highest BCUT2D eigenvalue weighted by molar-refractivity contribution is 5.29. The topological polar surface area (TPSA) is 35.2 Å². The monoisotopic (exact) mass is 277 g/mol. The Balaban J connectivity index is 2.46. The lowest BCUT2D eigenvalue weighted by atomic mass is 9.86. The first-order chi connectivity index (χ1) is 9.34. The van der Waals surface area contributed by atoms with Gasteiger partial charge >= 0.3 is 0 Å². The van der Waals surface area contributed by atoms with E-state index in [1.54, 1.807) is 0 Å². The molecule has 0 fully saturated rings. The first kappa shape index (κ1) is 17.2. The molecule has 2 nitrogen and oxygen atoms in total. The third-order valence-electron chi connectivity index (χ3n) is 3.69. The largest absolute Gasteiger partial charge is 0.379 e. The van der Waals surface area contributed by atoms with E-state index >= 15 is 0 Å². The van der Waals surface area contributed by atoms with Crippen LogP contribution in [0.2, 0.25) is 0 Å². The number of hydrogen-bond acceptors (Lipinski definition) is 2. The predicted molar refractivity (Wildman–Crippen MR) is 87.0 cm³/mol. The fourth-order valence-electron chi connectivity index (χ4n) is 2.30. The molecule has 0 heterocycles. The molecule has 2 unspecified atom stereocenters. The zero-order valence-corrected chi connectivity index (χ0v) is 13.8. The first-order valence-electron chi connectivity index (χ1n) is 7.78. The van der Waals surface area contributed by atoms with E-state index in [1.165, 1.54) is 18.4 Å². The summed E-state index contributed by atoms with van der Waals surface area (Å²) in [5.74, 6) is 0.621. The Hall–Kier alpha value is -0.860. The Morgan fingerprint density at radius 2 is 1.70 bits per heavy atom. The quantitative estimate of drug-likeness (QED) is 0.800. The second-order valence-corrected chi connectivity index (χ2v) is 6.91. The van der Waals surface area contributed by atoms with Crippen molar-refractivity contribution in [3.05, 3.63) is 35.4 Å². The zero-order valence-electron chi connectivity index (χ0n) is 13.8. The van der Waals surface area contributed by atoms with Crippen molar-refractivity contribution in [1.29, 1.82) is 0 Å². The smallest absolute Gasteiger partial charge is 0.0659 e. The van der Waals surface area contributed by atoms with Crippen LogP contribution in [-0.4, -0.2) is 13.2 Å². The number of rotatable bonds is 7. The zero-order chi connectivity index (χ0) is 15.2. The highest BCUT2D eigenvalue weighted by Gasteiger charge is 2.14. The lowest BCUT2D eigenvalue weighted by Crippen LogP contribution is -2.19. The molecule has 114 valence electrons. The van der Waals surface area contributed by atoms with Crippen LogP contribution in [0.3, 0.4) is 0 Å². The van der Waals surface area contributed by atoms with Crippen LogP contribution in [0.15, 0.2) is 24.3 Å². The van der Waals surface area contributed by atoms with Crippen LogP contribution in [0.5, 0.6) is 0 Å². The average Bonchev–Trinajstić information content (AvgIpc) is 2.38. The van der Waals surface area contributed by atoms with Gasteiger partial charge in [0.1, 0.15) is 0 Å². The van der Waals surface area contributed by atoms with E-state index in [-0.39, 0.29) is 11.5 Å². The van der Waals surface area contributed by atoms with E-state index in [9.17, 15) is 0 Å². The van der Waals surface area contributed by atoms with Crippen molar-refractivity contribution < 1.29 is 4.74 Å². The fraction of sp³-hybridized carbons (Fsp3) is 0.667. The molecule has 0 aliphatic rings. The molecule has 0 saturated heterocycles. The second kappa shape index (κ2) is 7.80. The van der Waals surface area contributed by atoms with Gasteiger partial charge in [-0.3, -0.25) is 0 Å². The van der Waals surface area contributed by atoms with Crippen molar-refractivity contribution in [3.8, 4) is 0 Å². The summed E-state index contributed by atoms with van der Waals surface area (Å²) < 4.78 is 5.74. The van der Waals surface area contributed by atoms with Crippen LogP contribution in [0.1, 0.15) is 64.6 Å². The Bertz CT molecular complexity index is 377. The highest BCUT2D eigenvalue weighted by Crippen LogP contribution is 2.23. The van der Waals surface area contributed by atoms with Gasteiger partial charge in [-0.25, -0.2) is 0 Å². The maximum atomic E-state index is 6.19. The molecule has 0 spiro atoms. The summed E-state index contributed by atoms with van der Waals surface area (Å²) in [5.41, 5.74) is 8.87. The first-order valence-corrected chi connectivity index (χ1v) is 7.78. The molecule has 2 atom stereocenters. The van der Waals surface area contributed by atoms with Gasteiger partial charge in [0.25, 0.3) is 0 Å². The van der Waals surface area contributed by atoms with E-state index in [2.05, 4.69) is 58.9 Å². The van der Waals surface area contributed by atoms with E-state index < -0.39 is 0 Å². The second-order valence-electron chi connectivity index (χ2n) is 6.91. The van der Waals surface area contributed by atoms with Gasteiger partial charge in [-0.15, -0.1) is 0 Å². The predicted octanol–water partition coefficient (Wildman–Crippen LogP) is 4.44. The van der Waals surface area contributed by atoms with E-state index in [4.69, 9.17) is 10.5 Å². The number of ether oxygens (including phenoxy) is 1. The average molecular weight is 277 g/mol. The SMILES string of the molecule is CCCC(C)COCC(N)c1ccc(C(C)(C)C)cc1. The molecule has 1 rings (SSSR count). The molecule has 0 amide bonds. The summed E-state index contributed by atoms with van der Waals surface area (Å²) in [4.78, 5) is 0. The van der Waals surface area contributed by atoms with Gasteiger partial charge < -0.3 is 10.5 Å². The number of nitrogens with two attached hydrogens (primary N) is 1. The highest BCUT2D eigenvalue weighted by atomic mass is 16.5. The molecular weight excluding hydrogens is 246 g/mol. The third kappa shape index (κ3) is 5.64. The molecule has 0 aliphatic carbocycles. The molecule has 0 saturated carbocycles. The Morgan fingerprint density at radius 1 is 1.10 bits per heavy atom. The van der Waals surface area contributed by atoms with E-state index in [0.29, 0.717) is 12.5 Å². The fourth-order valence-corrected chi connectivity index (χ4v) is 2.30. The Kier molecular flexibility index (Phi) is 6.70. The Morgan fingerprint density at radius 3 is 2.20 bits per heavy atom. The molecule has 1 aromatic carbocycles. The summed E-state index contributed by atoms with van der Waals surface area (Å²) in [5, 5.41) is 0. The molecule has 0 aromatic heterocycles. The van der Waals surface area contributed by atoms with Gasteiger partial charge in [0.2, 0.25) is 0 Å². The van der Waals surface area contributed by atoms with Crippen molar-refractivity contribution in [1.82, 2.24) is 0 Å². The summed E-state index contributed by atoms with van der Waals surface area (Å²) in [6.45, 7) is 12.5. The molecule has 0 bridgehead atoms. The van der Waals surface area contributed by atoms with Crippen molar-refractivity contribution in [2.45, 2.75) is 58.9 Å². The minimum Gasteiger partial charge on any atom is -0.379 e. The van der Waals surface area contributed by atoms with Gasteiger partial charge in [0.15, 0.2) is 0 Å². The van der Waals surface area contributed by atoms with Crippen LogP contribution in [0.4, 0.5) is 0 Å². The van der Waals surface area contributed by atoms with Crippen molar-refractivity contribution in [2.24, 2.45) is 11.7 Å². The Labute approximate surface area is 124 Å². The minimum atomic E-state index is -0.0298. The molecule has 2 heteroatoms.